The van der Waals surface area contributed by atoms with Gasteiger partial charge in [0, 0.05) is 28.8 Å². The molecule has 5 aromatic rings. The molecule has 35 heavy (non-hydrogen) atoms. The summed E-state index contributed by atoms with van der Waals surface area (Å²) in [5.74, 6) is 2.32. The molecule has 0 unspecified atom stereocenters. The molecule has 2 heterocycles. The van der Waals surface area contributed by atoms with E-state index >= 15 is 0 Å². The lowest BCUT2D eigenvalue weighted by molar-refractivity contribution is 0.354. The fraction of sp³-hybridized carbons (Fsp3) is 0.143. The molecule has 0 radical (unpaired) electrons. The molecule has 2 aromatic heterocycles. The molecule has 0 saturated heterocycles. The van der Waals surface area contributed by atoms with E-state index in [1.54, 1.807) is 14.2 Å². The molecule has 0 bridgehead atoms. The number of fused-ring (bicyclic) bond motifs is 1. The van der Waals surface area contributed by atoms with Gasteiger partial charge in [-0.3, -0.25) is 0 Å². The van der Waals surface area contributed by atoms with Crippen LogP contribution in [-0.4, -0.2) is 35.4 Å². The molecule has 176 valence electrons. The summed E-state index contributed by atoms with van der Waals surface area (Å²) in [6.45, 7) is 0.707. The van der Waals surface area contributed by atoms with Crippen LogP contribution in [0.2, 0.25) is 5.02 Å². The van der Waals surface area contributed by atoms with Crippen molar-refractivity contribution in [3.63, 3.8) is 0 Å². The van der Waals surface area contributed by atoms with Crippen LogP contribution in [0.4, 0.5) is 5.82 Å². The first-order chi connectivity index (χ1) is 17.2. The van der Waals surface area contributed by atoms with Gasteiger partial charge >= 0.3 is 0 Å². The maximum atomic E-state index is 6.10. The van der Waals surface area contributed by atoms with Crippen molar-refractivity contribution >= 4 is 23.1 Å². The molecule has 0 aliphatic heterocycles. The minimum Gasteiger partial charge on any atom is -0.493 e. The Morgan fingerprint density at radius 3 is 2.37 bits per heavy atom. The fourth-order valence-electron chi connectivity index (χ4n) is 4.05. The molecular formula is C28H25ClN4O2. The number of nitrogens with zero attached hydrogens (tertiary/aromatic N) is 3. The molecular weight excluding hydrogens is 460 g/mol. The summed E-state index contributed by atoms with van der Waals surface area (Å²) in [4.78, 5) is 4.97. The molecule has 6 nitrogen and oxygen atoms in total. The SMILES string of the molecule is COc1ccc(CCNc2cc(-c3ccccc3)nc3c(-c4ccc(Cl)cc4)cnn23)cc1OC. The molecule has 0 aliphatic carbocycles. The van der Waals surface area contributed by atoms with E-state index in [0.717, 1.165) is 57.3 Å². The summed E-state index contributed by atoms with van der Waals surface area (Å²) in [5.41, 5.74) is 5.80. The minimum atomic E-state index is 0.695. The topological polar surface area (TPSA) is 60.7 Å². The normalized spacial score (nSPS) is 10.9. The second-order valence-electron chi connectivity index (χ2n) is 8.06. The number of rotatable bonds is 8. The van der Waals surface area contributed by atoms with Gasteiger partial charge in [0.1, 0.15) is 5.82 Å². The highest BCUT2D eigenvalue weighted by molar-refractivity contribution is 6.30. The molecule has 0 saturated carbocycles. The van der Waals surface area contributed by atoms with Gasteiger partial charge in [-0.1, -0.05) is 60.1 Å². The van der Waals surface area contributed by atoms with Crippen LogP contribution in [0.1, 0.15) is 5.56 Å². The fourth-order valence-corrected chi connectivity index (χ4v) is 4.18. The summed E-state index contributed by atoms with van der Waals surface area (Å²) in [6, 6.07) is 25.9. The molecule has 0 aliphatic rings. The summed E-state index contributed by atoms with van der Waals surface area (Å²) in [5, 5.41) is 8.90. The second kappa shape index (κ2) is 10.1. The van der Waals surface area contributed by atoms with Crippen molar-refractivity contribution in [1.82, 2.24) is 14.6 Å². The number of nitrogens with one attached hydrogen (secondary N) is 1. The zero-order valence-corrected chi connectivity index (χ0v) is 20.3. The van der Waals surface area contributed by atoms with Crippen molar-refractivity contribution in [3.05, 3.63) is 95.6 Å². The smallest absolute Gasteiger partial charge is 0.165 e. The first kappa shape index (κ1) is 22.7. The number of halogens is 1. The zero-order chi connectivity index (χ0) is 24.2. The highest BCUT2D eigenvalue weighted by Crippen LogP contribution is 2.30. The predicted molar refractivity (Wildman–Crippen MR) is 141 cm³/mol. The highest BCUT2D eigenvalue weighted by atomic mass is 35.5. The number of ether oxygens (including phenoxy) is 2. The van der Waals surface area contributed by atoms with Crippen molar-refractivity contribution in [3.8, 4) is 33.9 Å². The third-order valence-corrected chi connectivity index (χ3v) is 6.12. The third-order valence-electron chi connectivity index (χ3n) is 5.86. The Bertz CT molecular complexity index is 1450. The lowest BCUT2D eigenvalue weighted by Crippen LogP contribution is -2.10. The van der Waals surface area contributed by atoms with E-state index in [-0.39, 0.29) is 0 Å². The van der Waals surface area contributed by atoms with Gasteiger partial charge in [0.2, 0.25) is 0 Å². The third kappa shape index (κ3) is 4.79. The number of anilines is 1. The zero-order valence-electron chi connectivity index (χ0n) is 19.5. The highest BCUT2D eigenvalue weighted by Gasteiger charge is 2.14. The van der Waals surface area contributed by atoms with Crippen molar-refractivity contribution < 1.29 is 9.47 Å². The molecule has 0 spiro atoms. The average molecular weight is 485 g/mol. The van der Waals surface area contributed by atoms with Crippen LogP contribution >= 0.6 is 11.6 Å². The van der Waals surface area contributed by atoms with Gasteiger partial charge in [-0.25, -0.2) is 4.98 Å². The van der Waals surface area contributed by atoms with E-state index in [1.807, 2.05) is 77.4 Å². The Balaban J connectivity index is 1.48. The van der Waals surface area contributed by atoms with Gasteiger partial charge < -0.3 is 14.8 Å². The van der Waals surface area contributed by atoms with Gasteiger partial charge in [0.05, 0.1) is 26.1 Å². The van der Waals surface area contributed by atoms with E-state index in [4.69, 9.17) is 26.1 Å². The Kier molecular flexibility index (Phi) is 6.55. The van der Waals surface area contributed by atoms with Crippen molar-refractivity contribution in [1.29, 1.82) is 0 Å². The maximum absolute atomic E-state index is 6.10. The van der Waals surface area contributed by atoms with Crippen LogP contribution in [0.15, 0.2) is 85.1 Å². The van der Waals surface area contributed by atoms with E-state index in [0.29, 0.717) is 11.6 Å². The molecule has 0 atom stereocenters. The summed E-state index contributed by atoms with van der Waals surface area (Å²) in [7, 11) is 3.29. The molecule has 7 heteroatoms. The quantitative estimate of drug-likeness (QED) is 0.276. The van der Waals surface area contributed by atoms with E-state index in [9.17, 15) is 0 Å². The predicted octanol–water partition coefficient (Wildman–Crippen LogP) is 6.39. The Morgan fingerprint density at radius 1 is 0.857 bits per heavy atom. The van der Waals surface area contributed by atoms with Crippen LogP contribution in [-0.2, 0) is 6.42 Å². The summed E-state index contributed by atoms with van der Waals surface area (Å²) >= 11 is 6.10. The second-order valence-corrected chi connectivity index (χ2v) is 8.50. The molecule has 1 N–H and O–H groups in total. The van der Waals surface area contributed by atoms with Gasteiger partial charge in [-0.2, -0.15) is 9.61 Å². The molecule has 3 aromatic carbocycles. The Hall–Kier alpha value is -4.03. The summed E-state index contributed by atoms with van der Waals surface area (Å²) in [6.07, 6.45) is 2.65. The van der Waals surface area contributed by atoms with Crippen LogP contribution in [0.25, 0.3) is 28.0 Å². The van der Waals surface area contributed by atoms with Crippen LogP contribution < -0.4 is 14.8 Å². The van der Waals surface area contributed by atoms with Gasteiger partial charge in [0.15, 0.2) is 17.1 Å². The first-order valence-corrected chi connectivity index (χ1v) is 11.7. The number of aromatic nitrogens is 3. The van der Waals surface area contributed by atoms with Crippen LogP contribution in [0.3, 0.4) is 0 Å². The molecule has 5 rings (SSSR count). The number of benzene rings is 3. The molecule has 0 amide bonds. The summed E-state index contributed by atoms with van der Waals surface area (Å²) < 4.78 is 12.6. The van der Waals surface area contributed by atoms with E-state index < -0.39 is 0 Å². The number of methoxy groups -OCH3 is 2. The van der Waals surface area contributed by atoms with Gasteiger partial charge in [-0.05, 0) is 41.8 Å². The van der Waals surface area contributed by atoms with Crippen molar-refractivity contribution in [2.75, 3.05) is 26.1 Å². The van der Waals surface area contributed by atoms with Crippen LogP contribution in [0, 0.1) is 0 Å². The van der Waals surface area contributed by atoms with Crippen molar-refractivity contribution in [2.45, 2.75) is 6.42 Å². The lowest BCUT2D eigenvalue weighted by atomic mass is 10.1. The standard InChI is InChI=1S/C28H25ClN4O2/c1-34-25-13-8-19(16-26(25)35-2)14-15-30-27-17-24(21-6-4-3-5-7-21)32-28-23(18-31-33(27)28)20-9-11-22(29)12-10-20/h3-13,16-18,30H,14-15H2,1-2H3. The van der Waals surface area contributed by atoms with E-state index in [2.05, 4.69) is 22.5 Å². The van der Waals surface area contributed by atoms with Gasteiger partial charge in [0.25, 0.3) is 0 Å². The number of hydrogen-bond acceptors (Lipinski definition) is 5. The van der Waals surface area contributed by atoms with Crippen molar-refractivity contribution in [2.24, 2.45) is 0 Å². The van der Waals surface area contributed by atoms with E-state index in [1.165, 1.54) is 0 Å². The monoisotopic (exact) mass is 484 g/mol. The van der Waals surface area contributed by atoms with Gasteiger partial charge in [-0.15, -0.1) is 0 Å². The Morgan fingerprint density at radius 2 is 1.63 bits per heavy atom. The van der Waals surface area contributed by atoms with Crippen LogP contribution in [0.5, 0.6) is 11.5 Å². The average Bonchev–Trinajstić information content (AvgIpc) is 3.33. The largest absolute Gasteiger partial charge is 0.493 e. The molecule has 0 fully saturated rings. The lowest BCUT2D eigenvalue weighted by Gasteiger charge is -2.13. The first-order valence-electron chi connectivity index (χ1n) is 11.3. The minimum absolute atomic E-state index is 0.695. The number of hydrogen-bond donors (Lipinski definition) is 1. The Labute approximate surface area is 209 Å². The maximum Gasteiger partial charge on any atom is 0.165 e.